The lowest BCUT2D eigenvalue weighted by atomic mass is 9.83. The van der Waals surface area contributed by atoms with Gasteiger partial charge in [0.15, 0.2) is 5.60 Å². The number of carboxylic acid groups (broad SMARTS) is 1. The fraction of sp³-hybridized carbons (Fsp3) is 0.909. The number of ether oxygens (including phenoxy) is 1. The summed E-state index contributed by atoms with van der Waals surface area (Å²) in [5.41, 5.74) is -1.49. The van der Waals surface area contributed by atoms with Gasteiger partial charge in [0.25, 0.3) is 0 Å². The van der Waals surface area contributed by atoms with Crippen LogP contribution < -0.4 is 0 Å². The van der Waals surface area contributed by atoms with Gasteiger partial charge in [0.2, 0.25) is 15.9 Å². The minimum absolute atomic E-state index is 0.162. The molecule has 0 bridgehead atoms. The van der Waals surface area contributed by atoms with Crippen molar-refractivity contribution in [2.45, 2.75) is 31.3 Å². The highest BCUT2D eigenvalue weighted by Gasteiger charge is 2.56. The SMILES string of the molecule is CCOC1(C(=O)O)CN(S(=O)(=O)CC2CC(F)(F)C2)C1. The average molecular weight is 313 g/mol. The van der Waals surface area contributed by atoms with E-state index in [0.29, 0.717) is 0 Å². The summed E-state index contributed by atoms with van der Waals surface area (Å²) in [5.74, 6) is -4.88. The molecule has 0 unspecified atom stereocenters. The van der Waals surface area contributed by atoms with Crippen molar-refractivity contribution >= 4 is 16.0 Å². The second kappa shape index (κ2) is 4.88. The smallest absolute Gasteiger partial charge is 0.338 e. The number of aliphatic carboxylic acids is 1. The molecule has 116 valence electrons. The number of sulfonamides is 1. The molecule has 0 aromatic heterocycles. The average Bonchev–Trinajstić information content (AvgIpc) is 2.18. The van der Waals surface area contributed by atoms with Gasteiger partial charge in [0.05, 0.1) is 18.8 Å². The lowest BCUT2D eigenvalue weighted by Crippen LogP contribution is -2.69. The van der Waals surface area contributed by atoms with Crippen LogP contribution in [0.2, 0.25) is 0 Å². The largest absolute Gasteiger partial charge is 0.479 e. The molecule has 20 heavy (non-hydrogen) atoms. The van der Waals surface area contributed by atoms with Crippen molar-refractivity contribution in [2.75, 3.05) is 25.4 Å². The van der Waals surface area contributed by atoms with Crippen LogP contribution in [0.15, 0.2) is 0 Å². The second-order valence-corrected chi connectivity index (χ2v) is 7.42. The van der Waals surface area contributed by atoms with E-state index < -0.39 is 46.3 Å². The van der Waals surface area contributed by atoms with Gasteiger partial charge in [-0.05, 0) is 12.8 Å². The summed E-state index contributed by atoms with van der Waals surface area (Å²) in [6.07, 6.45) is -0.842. The van der Waals surface area contributed by atoms with Gasteiger partial charge in [-0.15, -0.1) is 0 Å². The quantitative estimate of drug-likeness (QED) is 0.773. The summed E-state index contributed by atoms with van der Waals surface area (Å²) in [7, 11) is -3.70. The Kier molecular flexibility index (Phi) is 3.81. The van der Waals surface area contributed by atoms with Gasteiger partial charge in [-0.2, -0.15) is 4.31 Å². The Morgan fingerprint density at radius 2 is 1.95 bits per heavy atom. The normalized spacial score (nSPS) is 25.8. The molecule has 0 atom stereocenters. The van der Waals surface area contributed by atoms with Crippen LogP contribution in [0.25, 0.3) is 0 Å². The number of alkyl halides is 2. The standard InChI is InChI=1S/C11H17F2NO5S/c1-2-19-10(9(15)16)6-14(7-10)20(17,18)5-8-3-11(12,13)4-8/h8H,2-7H2,1H3,(H,15,16). The van der Waals surface area contributed by atoms with Crippen LogP contribution in [0.1, 0.15) is 19.8 Å². The first kappa shape index (κ1) is 15.6. The molecule has 2 rings (SSSR count). The van der Waals surface area contributed by atoms with Gasteiger partial charge in [-0.1, -0.05) is 0 Å². The van der Waals surface area contributed by atoms with Crippen molar-refractivity contribution in [2.24, 2.45) is 5.92 Å². The zero-order valence-electron chi connectivity index (χ0n) is 11.0. The van der Waals surface area contributed by atoms with E-state index in [-0.39, 0.29) is 25.4 Å². The van der Waals surface area contributed by atoms with Crippen LogP contribution in [0, 0.1) is 5.92 Å². The minimum atomic E-state index is -3.70. The Hall–Kier alpha value is -0.800. The molecule has 9 heteroatoms. The van der Waals surface area contributed by atoms with Crippen LogP contribution in [0.3, 0.4) is 0 Å². The number of rotatable bonds is 6. The molecule has 1 aliphatic carbocycles. The molecule has 1 saturated carbocycles. The number of nitrogens with zero attached hydrogens (tertiary/aromatic N) is 1. The molecule has 1 aliphatic heterocycles. The lowest BCUT2D eigenvalue weighted by Gasteiger charge is -2.46. The number of carboxylic acids is 1. The van der Waals surface area contributed by atoms with Crippen molar-refractivity contribution in [3.8, 4) is 0 Å². The lowest BCUT2D eigenvalue weighted by molar-refractivity contribution is -0.181. The van der Waals surface area contributed by atoms with Gasteiger partial charge < -0.3 is 9.84 Å². The monoisotopic (exact) mass is 313 g/mol. The highest BCUT2D eigenvalue weighted by Crippen LogP contribution is 2.43. The summed E-state index contributed by atoms with van der Waals surface area (Å²) in [6.45, 7) is 1.26. The zero-order valence-corrected chi connectivity index (χ0v) is 11.8. The van der Waals surface area contributed by atoms with Gasteiger partial charge in [0, 0.05) is 19.4 Å². The Morgan fingerprint density at radius 3 is 2.35 bits per heavy atom. The van der Waals surface area contributed by atoms with E-state index in [4.69, 9.17) is 9.84 Å². The van der Waals surface area contributed by atoms with Gasteiger partial charge in [-0.25, -0.2) is 22.0 Å². The predicted molar refractivity (Wildman–Crippen MR) is 65.0 cm³/mol. The van der Waals surface area contributed by atoms with Crippen LogP contribution in [-0.2, 0) is 19.6 Å². The molecule has 0 aromatic carbocycles. The molecule has 0 spiro atoms. The molecule has 0 radical (unpaired) electrons. The van der Waals surface area contributed by atoms with E-state index in [1.54, 1.807) is 6.92 Å². The van der Waals surface area contributed by atoms with Crippen LogP contribution in [0.4, 0.5) is 8.78 Å². The third kappa shape index (κ3) is 2.79. The zero-order chi connectivity index (χ0) is 15.2. The van der Waals surface area contributed by atoms with Gasteiger partial charge in [0.1, 0.15) is 0 Å². The maximum atomic E-state index is 12.7. The molecule has 6 nitrogen and oxygen atoms in total. The Balaban J connectivity index is 1.92. The first-order chi connectivity index (χ1) is 9.10. The summed E-state index contributed by atoms with van der Waals surface area (Å²) in [6, 6.07) is 0. The predicted octanol–water partition coefficient (Wildman–Crippen LogP) is 0.537. The van der Waals surface area contributed by atoms with E-state index in [9.17, 15) is 22.0 Å². The molecule has 0 aromatic rings. The molecule has 2 aliphatic rings. The maximum Gasteiger partial charge on any atom is 0.338 e. The Morgan fingerprint density at radius 1 is 1.40 bits per heavy atom. The van der Waals surface area contributed by atoms with Crippen molar-refractivity contribution in [1.82, 2.24) is 4.31 Å². The molecule has 0 amide bonds. The summed E-state index contributed by atoms with van der Waals surface area (Å²) in [4.78, 5) is 11.1. The Labute approximate surface area is 115 Å². The summed E-state index contributed by atoms with van der Waals surface area (Å²) in [5, 5.41) is 9.06. The highest BCUT2D eigenvalue weighted by atomic mass is 32.2. The number of hydrogen-bond acceptors (Lipinski definition) is 4. The number of halogens is 2. The minimum Gasteiger partial charge on any atom is -0.479 e. The van der Waals surface area contributed by atoms with Crippen molar-refractivity contribution in [3.63, 3.8) is 0 Å². The van der Waals surface area contributed by atoms with Crippen LogP contribution >= 0.6 is 0 Å². The van der Waals surface area contributed by atoms with E-state index in [1.165, 1.54) is 0 Å². The van der Waals surface area contributed by atoms with Crippen LogP contribution in [0.5, 0.6) is 0 Å². The third-order valence-corrected chi connectivity index (χ3v) is 5.63. The van der Waals surface area contributed by atoms with E-state index >= 15 is 0 Å². The topological polar surface area (TPSA) is 83.9 Å². The fourth-order valence-electron chi connectivity index (χ4n) is 2.59. The summed E-state index contributed by atoms with van der Waals surface area (Å²) < 4.78 is 55.4. The third-order valence-electron chi connectivity index (χ3n) is 3.69. The van der Waals surface area contributed by atoms with E-state index in [2.05, 4.69) is 0 Å². The molecule has 2 fully saturated rings. The van der Waals surface area contributed by atoms with E-state index in [1.807, 2.05) is 0 Å². The first-order valence-electron chi connectivity index (χ1n) is 6.33. The first-order valence-corrected chi connectivity index (χ1v) is 7.94. The van der Waals surface area contributed by atoms with Crippen molar-refractivity contribution in [3.05, 3.63) is 0 Å². The van der Waals surface area contributed by atoms with E-state index in [0.717, 1.165) is 4.31 Å². The second-order valence-electron chi connectivity index (χ2n) is 5.41. The van der Waals surface area contributed by atoms with Gasteiger partial charge in [-0.3, -0.25) is 0 Å². The number of carbonyl (C=O) groups is 1. The number of hydrogen-bond donors (Lipinski definition) is 1. The van der Waals surface area contributed by atoms with Crippen molar-refractivity contribution < 1.29 is 31.8 Å². The molecule has 1 heterocycles. The molecule has 1 saturated heterocycles. The molecular weight excluding hydrogens is 296 g/mol. The maximum absolute atomic E-state index is 12.7. The molecular formula is C11H17F2NO5S. The van der Waals surface area contributed by atoms with Gasteiger partial charge >= 0.3 is 5.97 Å². The summed E-state index contributed by atoms with van der Waals surface area (Å²) >= 11 is 0. The highest BCUT2D eigenvalue weighted by molar-refractivity contribution is 7.89. The van der Waals surface area contributed by atoms with Crippen LogP contribution in [-0.4, -0.2) is 60.8 Å². The Bertz CT molecular complexity index is 493. The fourth-order valence-corrected chi connectivity index (χ4v) is 4.44. The molecule has 1 N–H and O–H groups in total. The van der Waals surface area contributed by atoms with Crippen molar-refractivity contribution in [1.29, 1.82) is 0 Å².